The van der Waals surface area contributed by atoms with E-state index in [-0.39, 0.29) is 78.8 Å². The molecule has 0 saturated heterocycles. The fraction of sp³-hybridized carbons (Fsp3) is 0. The van der Waals surface area contributed by atoms with Crippen LogP contribution in [0.25, 0.3) is 0 Å². The van der Waals surface area contributed by atoms with Gasteiger partial charge in [0.1, 0.15) is 20.1 Å². The molecular weight excluding hydrogens is 594 g/mol. The SMILES string of the molecule is Oc1c(Cl)c(Cl)c(Cl)c(Cl)c1Cl.Oc1c(Cl)c(Cl)c(Cl)c(Cl)c1Cl.[Cu]. The van der Waals surface area contributed by atoms with Crippen molar-refractivity contribution in [1.82, 2.24) is 0 Å². The van der Waals surface area contributed by atoms with E-state index in [4.69, 9.17) is 116 Å². The molecule has 2 aromatic rings. The van der Waals surface area contributed by atoms with Crippen LogP contribution >= 0.6 is 116 Å². The van der Waals surface area contributed by atoms with Crippen molar-refractivity contribution in [3.8, 4) is 11.5 Å². The summed E-state index contributed by atoms with van der Waals surface area (Å²) in [4.78, 5) is 0. The van der Waals surface area contributed by atoms with Gasteiger partial charge in [0.2, 0.25) is 0 Å². The number of hydrogen-bond acceptors (Lipinski definition) is 2. The third-order valence-corrected chi connectivity index (χ3v) is 6.89. The molecule has 0 aliphatic carbocycles. The van der Waals surface area contributed by atoms with Crippen LogP contribution in [-0.4, -0.2) is 10.2 Å². The summed E-state index contributed by atoms with van der Waals surface area (Å²) < 4.78 is 0. The van der Waals surface area contributed by atoms with Crippen molar-refractivity contribution >= 4 is 116 Å². The molecule has 143 valence electrons. The van der Waals surface area contributed by atoms with Crippen LogP contribution < -0.4 is 0 Å². The average Bonchev–Trinajstić information content (AvgIpc) is 2.58. The number of phenols is 2. The van der Waals surface area contributed by atoms with Gasteiger partial charge in [0.25, 0.3) is 0 Å². The second-order valence-corrected chi connectivity index (χ2v) is 7.62. The Kier molecular flexibility index (Phi) is 11.5. The van der Waals surface area contributed by atoms with E-state index in [0.717, 1.165) is 0 Å². The molecule has 25 heavy (non-hydrogen) atoms. The quantitative estimate of drug-likeness (QED) is 0.181. The van der Waals surface area contributed by atoms with Gasteiger partial charge in [-0.15, -0.1) is 0 Å². The Balaban J connectivity index is 0.000000443. The minimum Gasteiger partial charge on any atom is -0.505 e. The third kappa shape index (κ3) is 5.73. The molecule has 0 heterocycles. The van der Waals surface area contributed by atoms with Crippen molar-refractivity contribution in [2.45, 2.75) is 0 Å². The number of rotatable bonds is 0. The molecular formula is C12H2Cl10CuO2. The Morgan fingerprint density at radius 3 is 0.600 bits per heavy atom. The molecule has 0 saturated carbocycles. The van der Waals surface area contributed by atoms with Crippen LogP contribution in [0.15, 0.2) is 0 Å². The molecule has 0 bridgehead atoms. The maximum atomic E-state index is 9.20. The molecule has 2 aromatic carbocycles. The molecule has 0 spiro atoms. The van der Waals surface area contributed by atoms with E-state index < -0.39 is 0 Å². The van der Waals surface area contributed by atoms with Gasteiger partial charge in [-0.3, -0.25) is 0 Å². The van der Waals surface area contributed by atoms with Crippen LogP contribution in [0.1, 0.15) is 0 Å². The molecule has 0 amide bonds. The fourth-order valence-corrected chi connectivity index (χ4v) is 3.44. The Morgan fingerprint density at radius 1 is 0.320 bits per heavy atom. The molecule has 0 aliphatic heterocycles. The summed E-state index contributed by atoms with van der Waals surface area (Å²) in [6.45, 7) is 0. The van der Waals surface area contributed by atoms with E-state index >= 15 is 0 Å². The van der Waals surface area contributed by atoms with Gasteiger partial charge in [-0.05, 0) is 0 Å². The number of hydrogen-bond donors (Lipinski definition) is 2. The summed E-state index contributed by atoms with van der Waals surface area (Å²) in [5.74, 6) is -0.726. The van der Waals surface area contributed by atoms with Crippen LogP contribution in [0.4, 0.5) is 0 Å². The van der Waals surface area contributed by atoms with Crippen molar-refractivity contribution in [3.63, 3.8) is 0 Å². The van der Waals surface area contributed by atoms with E-state index in [0.29, 0.717) is 0 Å². The summed E-state index contributed by atoms with van der Waals surface area (Å²) in [6, 6.07) is 0. The van der Waals surface area contributed by atoms with E-state index in [2.05, 4.69) is 0 Å². The van der Waals surface area contributed by atoms with E-state index in [1.54, 1.807) is 0 Å². The van der Waals surface area contributed by atoms with E-state index in [9.17, 15) is 10.2 Å². The minimum absolute atomic E-state index is 0. The first-order valence-electron chi connectivity index (χ1n) is 5.34. The van der Waals surface area contributed by atoms with Gasteiger partial charge in [-0.1, -0.05) is 116 Å². The van der Waals surface area contributed by atoms with Crippen LogP contribution in [0.2, 0.25) is 50.2 Å². The molecule has 2 nitrogen and oxygen atoms in total. The van der Waals surface area contributed by atoms with Crippen LogP contribution in [-0.2, 0) is 17.1 Å². The van der Waals surface area contributed by atoms with Gasteiger partial charge in [0.05, 0.1) is 30.1 Å². The Hall–Kier alpha value is 1.46. The topological polar surface area (TPSA) is 40.5 Å². The first-order chi connectivity index (χ1) is 10.9. The van der Waals surface area contributed by atoms with E-state index in [1.165, 1.54) is 0 Å². The molecule has 2 N–H and O–H groups in total. The number of halogens is 10. The number of benzene rings is 2. The monoisotopic (exact) mass is 591 g/mol. The molecule has 2 rings (SSSR count). The molecule has 13 heteroatoms. The Morgan fingerprint density at radius 2 is 0.440 bits per heavy atom. The van der Waals surface area contributed by atoms with Crippen LogP contribution in [0.5, 0.6) is 11.5 Å². The summed E-state index contributed by atoms with van der Waals surface area (Å²) in [6.07, 6.45) is 0. The standard InChI is InChI=1S/2C6HCl5O.Cu/c2*7-1-2(8)4(10)6(12)5(11)3(1)9;/h2*12H;. The fourth-order valence-electron chi connectivity index (χ4n) is 1.19. The summed E-state index contributed by atoms with van der Waals surface area (Å²) in [7, 11) is 0. The summed E-state index contributed by atoms with van der Waals surface area (Å²) in [5.41, 5.74) is 0. The molecule has 0 unspecified atom stereocenters. The third-order valence-electron chi connectivity index (χ3n) is 2.37. The number of phenolic OH excluding ortho intramolecular Hbond substituents is 2. The maximum Gasteiger partial charge on any atom is 0.155 e. The predicted molar refractivity (Wildman–Crippen MR) is 106 cm³/mol. The summed E-state index contributed by atoms with van der Waals surface area (Å²) >= 11 is 55.8. The second kappa shape index (κ2) is 10.9. The van der Waals surface area contributed by atoms with E-state index in [1.807, 2.05) is 0 Å². The first-order valence-corrected chi connectivity index (χ1v) is 9.12. The molecule has 1 radical (unpaired) electrons. The Labute approximate surface area is 203 Å². The van der Waals surface area contributed by atoms with Crippen LogP contribution in [0.3, 0.4) is 0 Å². The van der Waals surface area contributed by atoms with Gasteiger partial charge in [-0.2, -0.15) is 0 Å². The maximum absolute atomic E-state index is 9.20. The van der Waals surface area contributed by atoms with Gasteiger partial charge in [-0.25, -0.2) is 0 Å². The number of aromatic hydroxyl groups is 2. The van der Waals surface area contributed by atoms with Gasteiger partial charge < -0.3 is 10.2 Å². The average molecular weight is 596 g/mol. The second-order valence-electron chi connectivity index (χ2n) is 3.84. The largest absolute Gasteiger partial charge is 0.505 e. The molecule has 0 atom stereocenters. The van der Waals surface area contributed by atoms with Crippen molar-refractivity contribution in [2.24, 2.45) is 0 Å². The van der Waals surface area contributed by atoms with Crippen LogP contribution in [0, 0.1) is 0 Å². The zero-order valence-electron chi connectivity index (χ0n) is 11.0. The minimum atomic E-state index is -0.363. The van der Waals surface area contributed by atoms with Crippen molar-refractivity contribution in [1.29, 1.82) is 0 Å². The molecule has 0 aliphatic rings. The van der Waals surface area contributed by atoms with Crippen molar-refractivity contribution in [2.75, 3.05) is 0 Å². The first kappa shape index (κ1) is 26.5. The molecule has 0 aromatic heterocycles. The smallest absolute Gasteiger partial charge is 0.155 e. The van der Waals surface area contributed by atoms with Gasteiger partial charge in [0.15, 0.2) is 11.5 Å². The molecule has 0 fully saturated rings. The zero-order valence-corrected chi connectivity index (χ0v) is 19.5. The summed E-state index contributed by atoms with van der Waals surface area (Å²) in [5, 5.41) is 18.0. The zero-order chi connectivity index (χ0) is 18.9. The Bertz CT molecular complexity index is 534. The van der Waals surface area contributed by atoms with Gasteiger partial charge >= 0.3 is 0 Å². The van der Waals surface area contributed by atoms with Crippen molar-refractivity contribution < 1.29 is 27.3 Å². The normalized spacial score (nSPS) is 10.0. The van der Waals surface area contributed by atoms with Gasteiger partial charge in [0, 0.05) is 17.1 Å². The predicted octanol–water partition coefficient (Wildman–Crippen LogP) is 9.32. The van der Waals surface area contributed by atoms with Crippen molar-refractivity contribution in [3.05, 3.63) is 50.2 Å².